The minimum atomic E-state index is -0.757. The van der Waals surface area contributed by atoms with Gasteiger partial charge in [0.2, 0.25) is 5.91 Å². The van der Waals surface area contributed by atoms with Crippen LogP contribution in [0.15, 0.2) is 24.3 Å². The molecule has 1 amide bonds. The van der Waals surface area contributed by atoms with E-state index in [1.54, 1.807) is 24.3 Å². The lowest BCUT2D eigenvalue weighted by molar-refractivity contribution is -0.119. The summed E-state index contributed by atoms with van der Waals surface area (Å²) in [7, 11) is 0. The van der Waals surface area contributed by atoms with E-state index in [2.05, 4.69) is 5.32 Å². The van der Waals surface area contributed by atoms with Crippen molar-refractivity contribution in [2.24, 2.45) is 0 Å². The fourth-order valence-electron chi connectivity index (χ4n) is 1.10. The first-order chi connectivity index (χ1) is 6.61. The Labute approximate surface area is 87.7 Å². The molecule has 4 heteroatoms. The van der Waals surface area contributed by atoms with Crippen LogP contribution in [0.25, 0.3) is 0 Å². The van der Waals surface area contributed by atoms with Crippen LogP contribution >= 0.6 is 11.6 Å². The number of benzene rings is 1. The number of carbonyl (C=O) groups excluding carboxylic acids is 1. The molecule has 1 aromatic rings. The number of hydrogen-bond acceptors (Lipinski definition) is 2. The smallest absolute Gasteiger partial charge is 0.216 e. The van der Waals surface area contributed by atoms with Gasteiger partial charge in [0.1, 0.15) is 0 Å². The molecule has 1 atom stereocenters. The highest BCUT2D eigenvalue weighted by molar-refractivity contribution is 6.31. The molecule has 14 heavy (non-hydrogen) atoms. The maximum Gasteiger partial charge on any atom is 0.216 e. The van der Waals surface area contributed by atoms with Crippen molar-refractivity contribution in [1.82, 2.24) is 5.32 Å². The van der Waals surface area contributed by atoms with Crippen LogP contribution in [-0.2, 0) is 4.79 Å². The van der Waals surface area contributed by atoms with E-state index in [0.29, 0.717) is 10.6 Å². The van der Waals surface area contributed by atoms with E-state index in [1.165, 1.54) is 6.92 Å². The SMILES string of the molecule is CC(=O)NCC(O)c1ccccc1Cl. The van der Waals surface area contributed by atoms with Gasteiger partial charge in [-0.1, -0.05) is 29.8 Å². The minimum absolute atomic E-state index is 0.170. The zero-order valence-corrected chi connectivity index (χ0v) is 8.58. The Balaban J connectivity index is 2.65. The summed E-state index contributed by atoms with van der Waals surface area (Å²) in [5.41, 5.74) is 0.628. The maximum absolute atomic E-state index is 10.6. The third-order valence-electron chi connectivity index (χ3n) is 1.81. The number of nitrogens with one attached hydrogen (secondary N) is 1. The lowest BCUT2D eigenvalue weighted by Gasteiger charge is -2.12. The summed E-state index contributed by atoms with van der Waals surface area (Å²) in [6, 6.07) is 7.01. The molecular formula is C10H12ClNO2. The Morgan fingerprint density at radius 3 is 2.79 bits per heavy atom. The van der Waals surface area contributed by atoms with Gasteiger partial charge in [-0.05, 0) is 6.07 Å². The summed E-state index contributed by atoms with van der Waals surface area (Å²) in [6.07, 6.45) is -0.757. The predicted octanol–water partition coefficient (Wildman–Crippen LogP) is 1.51. The molecule has 1 aromatic carbocycles. The number of hydrogen-bond donors (Lipinski definition) is 2. The van der Waals surface area contributed by atoms with Crippen molar-refractivity contribution in [3.8, 4) is 0 Å². The highest BCUT2D eigenvalue weighted by Gasteiger charge is 2.10. The molecule has 0 spiro atoms. The zero-order chi connectivity index (χ0) is 10.6. The zero-order valence-electron chi connectivity index (χ0n) is 7.83. The Morgan fingerprint density at radius 2 is 2.21 bits per heavy atom. The van der Waals surface area contributed by atoms with E-state index >= 15 is 0 Å². The van der Waals surface area contributed by atoms with E-state index in [0.717, 1.165) is 0 Å². The molecule has 0 saturated heterocycles. The number of aliphatic hydroxyl groups is 1. The number of aliphatic hydroxyl groups excluding tert-OH is 1. The fourth-order valence-corrected chi connectivity index (χ4v) is 1.36. The average Bonchev–Trinajstić information content (AvgIpc) is 2.15. The number of halogens is 1. The van der Waals surface area contributed by atoms with Gasteiger partial charge in [-0.15, -0.1) is 0 Å². The standard InChI is InChI=1S/C10H12ClNO2/c1-7(13)12-6-10(14)8-4-2-3-5-9(8)11/h2-5,10,14H,6H2,1H3,(H,12,13). The van der Waals surface area contributed by atoms with Gasteiger partial charge >= 0.3 is 0 Å². The van der Waals surface area contributed by atoms with Gasteiger partial charge in [0, 0.05) is 24.1 Å². The Morgan fingerprint density at radius 1 is 1.57 bits per heavy atom. The fraction of sp³-hybridized carbons (Fsp3) is 0.300. The molecule has 0 saturated carbocycles. The third kappa shape index (κ3) is 3.01. The topological polar surface area (TPSA) is 49.3 Å². The van der Waals surface area contributed by atoms with Gasteiger partial charge in [0.15, 0.2) is 0 Å². The van der Waals surface area contributed by atoms with E-state index < -0.39 is 6.10 Å². The van der Waals surface area contributed by atoms with E-state index in [1.807, 2.05) is 0 Å². The van der Waals surface area contributed by atoms with Gasteiger partial charge in [-0.3, -0.25) is 4.79 Å². The number of rotatable bonds is 3. The lowest BCUT2D eigenvalue weighted by atomic mass is 10.1. The molecule has 0 fully saturated rings. The van der Waals surface area contributed by atoms with Gasteiger partial charge in [0.25, 0.3) is 0 Å². The quantitative estimate of drug-likeness (QED) is 0.800. The van der Waals surface area contributed by atoms with Crippen LogP contribution in [0.4, 0.5) is 0 Å². The average molecular weight is 214 g/mol. The van der Waals surface area contributed by atoms with E-state index in [-0.39, 0.29) is 12.5 Å². The van der Waals surface area contributed by atoms with Crippen molar-refractivity contribution >= 4 is 17.5 Å². The van der Waals surface area contributed by atoms with Crippen LogP contribution in [0.5, 0.6) is 0 Å². The van der Waals surface area contributed by atoms with Crippen LogP contribution < -0.4 is 5.32 Å². The van der Waals surface area contributed by atoms with Crippen molar-refractivity contribution in [3.05, 3.63) is 34.9 Å². The number of carbonyl (C=O) groups is 1. The molecule has 0 radical (unpaired) electrons. The molecule has 0 aliphatic heterocycles. The second-order valence-electron chi connectivity index (χ2n) is 2.97. The molecule has 2 N–H and O–H groups in total. The first-order valence-electron chi connectivity index (χ1n) is 4.28. The number of amides is 1. The summed E-state index contributed by atoms with van der Waals surface area (Å²) < 4.78 is 0. The monoisotopic (exact) mass is 213 g/mol. The second-order valence-corrected chi connectivity index (χ2v) is 3.38. The predicted molar refractivity (Wildman–Crippen MR) is 55.1 cm³/mol. The van der Waals surface area contributed by atoms with Crippen LogP contribution in [0, 0.1) is 0 Å². The van der Waals surface area contributed by atoms with Crippen LogP contribution in [-0.4, -0.2) is 17.6 Å². The first-order valence-corrected chi connectivity index (χ1v) is 4.66. The second kappa shape index (κ2) is 4.98. The summed E-state index contributed by atoms with van der Waals surface area (Å²) >= 11 is 5.86. The summed E-state index contributed by atoms with van der Waals surface area (Å²) in [4.78, 5) is 10.6. The molecule has 1 rings (SSSR count). The van der Waals surface area contributed by atoms with Gasteiger partial charge in [-0.25, -0.2) is 0 Å². The van der Waals surface area contributed by atoms with Gasteiger partial charge < -0.3 is 10.4 Å². The first kappa shape index (κ1) is 11.0. The molecule has 76 valence electrons. The van der Waals surface area contributed by atoms with Crippen LogP contribution in [0.1, 0.15) is 18.6 Å². The Hall–Kier alpha value is -1.06. The maximum atomic E-state index is 10.6. The Kier molecular flexibility index (Phi) is 3.92. The molecule has 0 bridgehead atoms. The molecule has 1 unspecified atom stereocenters. The molecule has 0 aromatic heterocycles. The van der Waals surface area contributed by atoms with E-state index in [9.17, 15) is 9.90 Å². The summed E-state index contributed by atoms with van der Waals surface area (Å²) in [5.74, 6) is -0.170. The lowest BCUT2D eigenvalue weighted by Crippen LogP contribution is -2.25. The highest BCUT2D eigenvalue weighted by atomic mass is 35.5. The van der Waals surface area contributed by atoms with Gasteiger partial charge in [-0.2, -0.15) is 0 Å². The molecule has 3 nitrogen and oxygen atoms in total. The molecule has 0 aliphatic rings. The van der Waals surface area contributed by atoms with Crippen LogP contribution in [0.3, 0.4) is 0 Å². The third-order valence-corrected chi connectivity index (χ3v) is 2.15. The van der Waals surface area contributed by atoms with Crippen LogP contribution in [0.2, 0.25) is 5.02 Å². The van der Waals surface area contributed by atoms with Crippen molar-refractivity contribution in [3.63, 3.8) is 0 Å². The normalized spacial score (nSPS) is 12.2. The molecule has 0 heterocycles. The highest BCUT2D eigenvalue weighted by Crippen LogP contribution is 2.21. The minimum Gasteiger partial charge on any atom is -0.387 e. The van der Waals surface area contributed by atoms with Crippen molar-refractivity contribution in [2.45, 2.75) is 13.0 Å². The van der Waals surface area contributed by atoms with Crippen molar-refractivity contribution in [1.29, 1.82) is 0 Å². The van der Waals surface area contributed by atoms with Crippen molar-refractivity contribution < 1.29 is 9.90 Å². The van der Waals surface area contributed by atoms with E-state index in [4.69, 9.17) is 11.6 Å². The van der Waals surface area contributed by atoms with Gasteiger partial charge in [0.05, 0.1) is 6.10 Å². The largest absolute Gasteiger partial charge is 0.387 e. The molecular weight excluding hydrogens is 202 g/mol. The van der Waals surface area contributed by atoms with Crippen molar-refractivity contribution in [2.75, 3.05) is 6.54 Å². The Bertz CT molecular complexity index is 328. The summed E-state index contributed by atoms with van der Waals surface area (Å²) in [6.45, 7) is 1.58. The molecule has 0 aliphatic carbocycles. The summed E-state index contributed by atoms with van der Waals surface area (Å²) in [5, 5.41) is 12.7.